The van der Waals surface area contributed by atoms with Crippen molar-refractivity contribution in [2.75, 3.05) is 37.3 Å². The van der Waals surface area contributed by atoms with E-state index < -0.39 is 26.3 Å². The Hall–Kier alpha value is -3.33. The lowest BCUT2D eigenvalue weighted by atomic mass is 9.70. The van der Waals surface area contributed by atoms with Crippen molar-refractivity contribution in [3.05, 3.63) is 71.7 Å². The van der Waals surface area contributed by atoms with Crippen molar-refractivity contribution in [2.45, 2.75) is 43.3 Å². The van der Waals surface area contributed by atoms with Gasteiger partial charge in [-0.15, -0.1) is 0 Å². The van der Waals surface area contributed by atoms with E-state index in [0.29, 0.717) is 74.0 Å². The summed E-state index contributed by atoms with van der Waals surface area (Å²) in [7, 11) is -3.17. The quantitative estimate of drug-likeness (QED) is 0.486. The van der Waals surface area contributed by atoms with Crippen LogP contribution in [0.25, 0.3) is 10.9 Å². The fraction of sp³-hybridized carbons (Fsp3) is 0.414. The fourth-order valence-electron chi connectivity index (χ4n) is 6.02. The average molecular weight is 538 g/mol. The van der Waals surface area contributed by atoms with E-state index in [2.05, 4.69) is 9.88 Å². The van der Waals surface area contributed by atoms with Crippen molar-refractivity contribution in [1.29, 1.82) is 0 Å². The third-order valence-corrected chi connectivity index (χ3v) is 9.98. The maximum atomic E-state index is 14.4. The minimum atomic E-state index is -3.17. The number of Topliss-reactive ketones (excluding diaryl/α,β-unsaturated/α-hetero) is 1. The van der Waals surface area contributed by atoms with Gasteiger partial charge in [0.15, 0.2) is 0 Å². The number of fused-ring (bicyclic) bond motifs is 1. The zero-order valence-electron chi connectivity index (χ0n) is 21.7. The molecule has 0 radical (unpaired) electrons. The van der Waals surface area contributed by atoms with Gasteiger partial charge in [0.05, 0.1) is 27.4 Å². The number of carbonyl (C=O) groups is 2. The molecule has 5 rings (SSSR count). The number of rotatable bonds is 5. The molecule has 0 bridgehead atoms. The average Bonchev–Trinajstić information content (AvgIpc) is 2.92. The number of benzene rings is 2. The molecule has 2 aliphatic heterocycles. The first-order chi connectivity index (χ1) is 18.1. The van der Waals surface area contributed by atoms with Crippen LogP contribution in [0.1, 0.15) is 48.5 Å². The van der Waals surface area contributed by atoms with Crippen molar-refractivity contribution in [1.82, 2.24) is 9.88 Å². The number of sulfone groups is 1. The fourth-order valence-corrected chi connectivity index (χ4v) is 7.09. The predicted molar refractivity (Wildman–Crippen MR) is 146 cm³/mol. The van der Waals surface area contributed by atoms with Gasteiger partial charge in [0, 0.05) is 44.0 Å². The number of aromatic nitrogens is 1. The van der Waals surface area contributed by atoms with Crippen LogP contribution in [-0.4, -0.2) is 67.7 Å². The predicted octanol–water partition coefficient (Wildman–Crippen LogP) is 4.15. The number of carbonyl (C=O) groups excluding carboxylic acids is 2. The monoisotopic (exact) mass is 537 g/mol. The lowest BCUT2D eigenvalue weighted by Gasteiger charge is -2.42. The molecule has 3 aromatic rings. The van der Waals surface area contributed by atoms with Crippen LogP contribution in [0, 0.1) is 5.82 Å². The molecular weight excluding hydrogens is 505 g/mol. The van der Waals surface area contributed by atoms with E-state index in [1.54, 1.807) is 24.1 Å². The third kappa shape index (κ3) is 4.79. The molecule has 2 aliphatic rings. The molecule has 38 heavy (non-hydrogen) atoms. The Morgan fingerprint density at radius 1 is 1.00 bits per heavy atom. The lowest BCUT2D eigenvalue weighted by Crippen LogP contribution is -2.47. The summed E-state index contributed by atoms with van der Waals surface area (Å²) < 4.78 is 38.4. The SMILES string of the molecule is CC(=O)C1(c2ccccc2)CCN(c2c(C(=O)N3CCC(S(C)(=O)=O)CC3)cnc3ccc(F)cc23)CC1. The molecule has 2 saturated heterocycles. The van der Waals surface area contributed by atoms with Crippen LogP contribution in [0.15, 0.2) is 54.7 Å². The Balaban J connectivity index is 1.49. The minimum absolute atomic E-state index is 0.110. The summed E-state index contributed by atoms with van der Waals surface area (Å²) in [5.41, 5.74) is 1.96. The molecule has 9 heteroatoms. The van der Waals surface area contributed by atoms with Crippen LogP contribution >= 0.6 is 0 Å². The number of piperidine rings is 2. The number of hydrogen-bond donors (Lipinski definition) is 0. The second kappa shape index (κ2) is 10.1. The number of likely N-dealkylation sites (tertiary alicyclic amines) is 1. The Morgan fingerprint density at radius 2 is 1.66 bits per heavy atom. The molecule has 1 amide bonds. The first-order valence-electron chi connectivity index (χ1n) is 13.0. The molecule has 0 unspecified atom stereocenters. The molecule has 200 valence electrons. The number of nitrogens with zero attached hydrogens (tertiary/aromatic N) is 3. The van der Waals surface area contributed by atoms with E-state index in [-0.39, 0.29) is 11.7 Å². The molecular formula is C29H32FN3O4S. The molecule has 0 spiro atoms. The van der Waals surface area contributed by atoms with Gasteiger partial charge >= 0.3 is 0 Å². The molecule has 1 aromatic heterocycles. The van der Waals surface area contributed by atoms with E-state index in [1.165, 1.54) is 18.4 Å². The topological polar surface area (TPSA) is 87.7 Å². The second-order valence-electron chi connectivity index (χ2n) is 10.5. The summed E-state index contributed by atoms with van der Waals surface area (Å²) in [6.45, 7) is 3.33. The molecule has 0 saturated carbocycles. The van der Waals surface area contributed by atoms with E-state index in [1.807, 2.05) is 30.3 Å². The molecule has 2 fully saturated rings. The zero-order chi connectivity index (χ0) is 27.1. The van der Waals surface area contributed by atoms with Crippen molar-refractivity contribution in [3.63, 3.8) is 0 Å². The molecule has 3 heterocycles. The number of halogens is 1. The van der Waals surface area contributed by atoms with Gasteiger partial charge in [0.25, 0.3) is 5.91 Å². The number of ketones is 1. The van der Waals surface area contributed by atoms with Crippen LogP contribution in [0.3, 0.4) is 0 Å². The van der Waals surface area contributed by atoms with E-state index in [9.17, 15) is 22.4 Å². The van der Waals surface area contributed by atoms with Crippen LogP contribution in [0.5, 0.6) is 0 Å². The van der Waals surface area contributed by atoms with Gasteiger partial charge in [-0.05, 0) is 56.4 Å². The van der Waals surface area contributed by atoms with E-state index in [0.717, 1.165) is 5.56 Å². The highest BCUT2D eigenvalue weighted by atomic mass is 32.2. The third-order valence-electron chi connectivity index (χ3n) is 8.30. The first-order valence-corrected chi connectivity index (χ1v) is 14.9. The number of amides is 1. The normalized spacial score (nSPS) is 18.5. The van der Waals surface area contributed by atoms with Gasteiger partial charge in [0.1, 0.15) is 21.4 Å². The zero-order valence-corrected chi connectivity index (χ0v) is 22.5. The largest absolute Gasteiger partial charge is 0.370 e. The summed E-state index contributed by atoms with van der Waals surface area (Å²) in [6.07, 6.45) is 4.69. The standard InChI is InChI=1S/C29H32FN3O4S/c1-20(34)29(21-6-4-3-5-7-21)12-16-32(17-13-29)27-24-18-22(30)8-9-26(24)31-19-25(27)28(35)33-14-10-23(11-15-33)38(2,36)37/h3-9,18-19,23H,10-17H2,1-2H3. The summed E-state index contributed by atoms with van der Waals surface area (Å²) in [5, 5.41) is 0.103. The summed E-state index contributed by atoms with van der Waals surface area (Å²) in [4.78, 5) is 34.9. The van der Waals surface area contributed by atoms with Crippen molar-refractivity contribution < 1.29 is 22.4 Å². The molecule has 0 N–H and O–H groups in total. The molecule has 0 atom stereocenters. The van der Waals surface area contributed by atoms with Crippen molar-refractivity contribution in [3.8, 4) is 0 Å². The highest BCUT2D eigenvalue weighted by molar-refractivity contribution is 7.91. The number of pyridine rings is 1. The smallest absolute Gasteiger partial charge is 0.257 e. The van der Waals surface area contributed by atoms with Crippen molar-refractivity contribution >= 4 is 38.1 Å². The minimum Gasteiger partial charge on any atom is -0.370 e. The Bertz CT molecular complexity index is 1480. The summed E-state index contributed by atoms with van der Waals surface area (Å²) >= 11 is 0. The molecule has 7 nitrogen and oxygen atoms in total. The van der Waals surface area contributed by atoms with E-state index in [4.69, 9.17) is 0 Å². The summed E-state index contributed by atoms with van der Waals surface area (Å²) in [6, 6.07) is 14.2. The Kier molecular flexibility index (Phi) is 6.98. The highest BCUT2D eigenvalue weighted by Crippen LogP contribution is 2.40. The van der Waals surface area contributed by atoms with Gasteiger partial charge in [-0.2, -0.15) is 0 Å². The van der Waals surface area contributed by atoms with Gasteiger partial charge in [-0.3, -0.25) is 14.6 Å². The van der Waals surface area contributed by atoms with Crippen LogP contribution in [0.2, 0.25) is 0 Å². The van der Waals surface area contributed by atoms with Crippen LogP contribution < -0.4 is 4.90 Å². The molecule has 2 aromatic carbocycles. The maximum Gasteiger partial charge on any atom is 0.257 e. The second-order valence-corrected chi connectivity index (χ2v) is 12.8. The lowest BCUT2D eigenvalue weighted by molar-refractivity contribution is -0.123. The first kappa shape index (κ1) is 26.3. The number of hydrogen-bond acceptors (Lipinski definition) is 6. The van der Waals surface area contributed by atoms with E-state index >= 15 is 0 Å². The van der Waals surface area contributed by atoms with Gasteiger partial charge in [-0.1, -0.05) is 30.3 Å². The van der Waals surface area contributed by atoms with Crippen LogP contribution in [0.4, 0.5) is 10.1 Å². The summed E-state index contributed by atoms with van der Waals surface area (Å²) in [5.74, 6) is -0.547. The van der Waals surface area contributed by atoms with Crippen molar-refractivity contribution in [2.24, 2.45) is 0 Å². The molecule has 0 aliphatic carbocycles. The van der Waals surface area contributed by atoms with Crippen LogP contribution in [-0.2, 0) is 20.0 Å². The number of anilines is 1. The maximum absolute atomic E-state index is 14.4. The van der Waals surface area contributed by atoms with Gasteiger partial charge in [0.2, 0.25) is 0 Å². The van der Waals surface area contributed by atoms with Gasteiger partial charge < -0.3 is 9.80 Å². The van der Waals surface area contributed by atoms with Gasteiger partial charge in [-0.25, -0.2) is 12.8 Å². The Labute approximate surface area is 222 Å². The highest BCUT2D eigenvalue weighted by Gasteiger charge is 2.41. The Morgan fingerprint density at radius 3 is 2.26 bits per heavy atom.